The number of hydrogen-bond acceptors (Lipinski definition) is 5. The summed E-state index contributed by atoms with van der Waals surface area (Å²) >= 11 is 1.33. The van der Waals surface area contributed by atoms with Crippen LogP contribution in [0, 0.1) is 0 Å². The van der Waals surface area contributed by atoms with Crippen LogP contribution in [-0.4, -0.2) is 42.5 Å². The summed E-state index contributed by atoms with van der Waals surface area (Å²) in [6, 6.07) is 10.4. The number of esters is 1. The number of methoxy groups -OCH3 is 1. The van der Waals surface area contributed by atoms with Crippen LogP contribution in [0.5, 0.6) is 0 Å². The predicted octanol–water partition coefficient (Wildman–Crippen LogP) is 2.25. The second-order valence-electron chi connectivity index (χ2n) is 6.19. The molecule has 2 heterocycles. The van der Waals surface area contributed by atoms with Crippen LogP contribution >= 0.6 is 11.3 Å². The lowest BCUT2D eigenvalue weighted by atomic mass is 10.0. The molecule has 3 rings (SSSR count). The number of fused-ring (bicyclic) bond motifs is 1. The zero-order valence-electron chi connectivity index (χ0n) is 15.4. The molecule has 0 fully saturated rings. The highest BCUT2D eigenvalue weighted by molar-refractivity contribution is 7.12. The molecule has 1 atom stereocenters. The zero-order chi connectivity index (χ0) is 19.9. The van der Waals surface area contributed by atoms with Crippen molar-refractivity contribution in [3.05, 3.63) is 58.4 Å². The largest absolute Gasteiger partial charge is 0.467 e. The van der Waals surface area contributed by atoms with E-state index in [0.29, 0.717) is 11.3 Å². The molecule has 8 heteroatoms. The molecule has 7 nitrogen and oxygen atoms in total. The maximum Gasteiger partial charge on any atom is 0.328 e. The highest BCUT2D eigenvalue weighted by Gasteiger charge is 2.23. The van der Waals surface area contributed by atoms with Crippen LogP contribution in [0.3, 0.4) is 0 Å². The molecule has 0 spiro atoms. The molecular weight excluding hydrogens is 378 g/mol. The van der Waals surface area contributed by atoms with E-state index in [1.165, 1.54) is 18.4 Å². The number of aromatic amines is 1. The van der Waals surface area contributed by atoms with Crippen molar-refractivity contribution < 1.29 is 19.1 Å². The van der Waals surface area contributed by atoms with Crippen LogP contribution in [-0.2, 0) is 20.7 Å². The number of carbonyl (C=O) groups is 3. The fourth-order valence-electron chi connectivity index (χ4n) is 2.91. The number of H-pyrrole nitrogens is 1. The number of carbonyl (C=O) groups excluding carboxylic acids is 3. The number of amides is 2. The summed E-state index contributed by atoms with van der Waals surface area (Å²) in [5, 5.41) is 8.20. The van der Waals surface area contributed by atoms with E-state index in [9.17, 15) is 14.4 Å². The monoisotopic (exact) mass is 399 g/mol. The minimum atomic E-state index is -0.801. The Bertz CT molecular complexity index is 965. The Morgan fingerprint density at radius 2 is 2.00 bits per heavy atom. The van der Waals surface area contributed by atoms with Gasteiger partial charge in [0.25, 0.3) is 5.91 Å². The van der Waals surface area contributed by atoms with Gasteiger partial charge in [0.15, 0.2) is 0 Å². The third-order valence-electron chi connectivity index (χ3n) is 4.30. The molecule has 1 aromatic carbocycles. The molecule has 2 amide bonds. The second kappa shape index (κ2) is 9.18. The summed E-state index contributed by atoms with van der Waals surface area (Å²) in [5.74, 6) is -1.06. The van der Waals surface area contributed by atoms with Crippen molar-refractivity contribution in [3.63, 3.8) is 0 Å². The molecule has 0 aliphatic carbocycles. The molecule has 0 aliphatic rings. The van der Waals surface area contributed by atoms with Gasteiger partial charge in [0, 0.05) is 36.5 Å². The van der Waals surface area contributed by atoms with E-state index in [-0.39, 0.29) is 24.8 Å². The third kappa shape index (κ3) is 4.77. The lowest BCUT2D eigenvalue weighted by Crippen LogP contribution is -2.44. The zero-order valence-corrected chi connectivity index (χ0v) is 16.2. The molecule has 0 saturated heterocycles. The van der Waals surface area contributed by atoms with Gasteiger partial charge in [-0.25, -0.2) is 4.79 Å². The third-order valence-corrected chi connectivity index (χ3v) is 5.17. The van der Waals surface area contributed by atoms with Crippen molar-refractivity contribution in [1.82, 2.24) is 15.6 Å². The number of benzene rings is 1. The Balaban J connectivity index is 1.57. The van der Waals surface area contributed by atoms with Gasteiger partial charge in [-0.05, 0) is 23.1 Å². The topological polar surface area (TPSA) is 100 Å². The molecule has 1 unspecified atom stereocenters. The number of hydrogen-bond donors (Lipinski definition) is 3. The SMILES string of the molecule is COC(=O)C(Cc1c[nH]c2ccccc12)NC(=O)CCNC(=O)c1cccs1. The molecule has 0 radical (unpaired) electrons. The Morgan fingerprint density at radius 1 is 1.18 bits per heavy atom. The van der Waals surface area contributed by atoms with E-state index < -0.39 is 12.0 Å². The smallest absolute Gasteiger partial charge is 0.328 e. The lowest BCUT2D eigenvalue weighted by molar-refractivity contribution is -0.145. The molecule has 3 aromatic rings. The normalized spacial score (nSPS) is 11.8. The summed E-state index contributed by atoms with van der Waals surface area (Å²) in [6.07, 6.45) is 2.20. The van der Waals surface area contributed by atoms with Gasteiger partial charge >= 0.3 is 5.97 Å². The van der Waals surface area contributed by atoms with Gasteiger partial charge in [0.1, 0.15) is 6.04 Å². The molecule has 0 saturated carbocycles. The van der Waals surface area contributed by atoms with Gasteiger partial charge in [-0.1, -0.05) is 24.3 Å². The average Bonchev–Trinajstić information content (AvgIpc) is 3.37. The molecular formula is C20H21N3O4S. The average molecular weight is 399 g/mol. The van der Waals surface area contributed by atoms with Crippen molar-refractivity contribution in [2.45, 2.75) is 18.9 Å². The first-order valence-electron chi connectivity index (χ1n) is 8.82. The highest BCUT2D eigenvalue weighted by atomic mass is 32.1. The Labute approximate surface area is 166 Å². The molecule has 146 valence electrons. The summed E-state index contributed by atoms with van der Waals surface area (Å²) in [5.41, 5.74) is 1.88. The van der Waals surface area contributed by atoms with Crippen molar-refractivity contribution in [3.8, 4) is 0 Å². The van der Waals surface area contributed by atoms with Gasteiger partial charge in [-0.15, -0.1) is 11.3 Å². The first kappa shape index (κ1) is 19.6. The second-order valence-corrected chi connectivity index (χ2v) is 7.14. The maximum absolute atomic E-state index is 12.3. The van der Waals surface area contributed by atoms with E-state index in [1.807, 2.05) is 35.8 Å². The minimum absolute atomic E-state index is 0.0680. The quantitative estimate of drug-likeness (QED) is 0.506. The van der Waals surface area contributed by atoms with Gasteiger partial charge in [0.05, 0.1) is 12.0 Å². The van der Waals surface area contributed by atoms with E-state index in [2.05, 4.69) is 15.6 Å². The summed E-state index contributed by atoms with van der Waals surface area (Å²) in [4.78, 5) is 40.0. The van der Waals surface area contributed by atoms with Crippen LogP contribution in [0.4, 0.5) is 0 Å². The number of ether oxygens (including phenoxy) is 1. The Kier molecular flexibility index (Phi) is 6.44. The summed E-state index contributed by atoms with van der Waals surface area (Å²) in [7, 11) is 1.29. The summed E-state index contributed by atoms with van der Waals surface area (Å²) < 4.78 is 4.83. The number of aromatic nitrogens is 1. The van der Waals surface area contributed by atoms with Gasteiger partial charge in [-0.3, -0.25) is 9.59 Å². The van der Waals surface area contributed by atoms with Gasteiger partial charge in [0.2, 0.25) is 5.91 Å². The van der Waals surface area contributed by atoms with Crippen LogP contribution in [0.15, 0.2) is 48.0 Å². The minimum Gasteiger partial charge on any atom is -0.467 e. The van der Waals surface area contributed by atoms with Gasteiger partial charge < -0.3 is 20.4 Å². The van der Waals surface area contributed by atoms with E-state index >= 15 is 0 Å². The molecule has 2 aromatic heterocycles. The number of thiophene rings is 1. The standard InChI is InChI=1S/C20H21N3O4S/c1-27-20(26)16(11-13-12-22-15-6-3-2-5-14(13)15)23-18(24)8-9-21-19(25)17-7-4-10-28-17/h2-7,10,12,16,22H,8-9,11H2,1H3,(H,21,25)(H,23,24). The number of para-hydroxylation sites is 1. The Hall–Kier alpha value is -3.13. The Morgan fingerprint density at radius 3 is 2.75 bits per heavy atom. The van der Waals surface area contributed by atoms with Crippen molar-refractivity contribution in [1.29, 1.82) is 0 Å². The molecule has 0 aliphatic heterocycles. The molecule has 3 N–H and O–H groups in total. The van der Waals surface area contributed by atoms with Crippen molar-refractivity contribution in [2.24, 2.45) is 0 Å². The molecule has 0 bridgehead atoms. The first-order valence-corrected chi connectivity index (χ1v) is 9.70. The van der Waals surface area contributed by atoms with Crippen LogP contribution < -0.4 is 10.6 Å². The van der Waals surface area contributed by atoms with Crippen molar-refractivity contribution in [2.75, 3.05) is 13.7 Å². The van der Waals surface area contributed by atoms with E-state index in [4.69, 9.17) is 4.74 Å². The lowest BCUT2D eigenvalue weighted by Gasteiger charge is -2.16. The summed E-state index contributed by atoms with van der Waals surface area (Å²) in [6.45, 7) is 0.184. The predicted molar refractivity (Wildman–Crippen MR) is 107 cm³/mol. The fraction of sp³-hybridized carbons (Fsp3) is 0.250. The molecule has 28 heavy (non-hydrogen) atoms. The van der Waals surface area contributed by atoms with Crippen LogP contribution in [0.2, 0.25) is 0 Å². The number of nitrogens with one attached hydrogen (secondary N) is 3. The fourth-order valence-corrected chi connectivity index (χ4v) is 3.55. The van der Waals surface area contributed by atoms with E-state index in [1.54, 1.807) is 12.1 Å². The first-order chi connectivity index (χ1) is 13.6. The van der Waals surface area contributed by atoms with E-state index in [0.717, 1.165) is 16.5 Å². The van der Waals surface area contributed by atoms with Crippen molar-refractivity contribution >= 4 is 40.0 Å². The highest BCUT2D eigenvalue weighted by Crippen LogP contribution is 2.19. The maximum atomic E-state index is 12.3. The van der Waals surface area contributed by atoms with Crippen LogP contribution in [0.1, 0.15) is 21.7 Å². The van der Waals surface area contributed by atoms with Crippen LogP contribution in [0.25, 0.3) is 10.9 Å². The van der Waals surface area contributed by atoms with Gasteiger partial charge in [-0.2, -0.15) is 0 Å². The number of rotatable bonds is 8.